The van der Waals surface area contributed by atoms with Crippen LogP contribution in [-0.4, -0.2) is 9.36 Å². The predicted octanol–water partition coefficient (Wildman–Crippen LogP) is 6.04. The van der Waals surface area contributed by atoms with Crippen molar-refractivity contribution >= 4 is 33.6 Å². The van der Waals surface area contributed by atoms with Gasteiger partial charge in [0.25, 0.3) is 0 Å². The van der Waals surface area contributed by atoms with E-state index >= 15 is 0 Å². The normalized spacial score (nSPS) is 13.0. The second-order valence-electron chi connectivity index (χ2n) is 5.48. The zero-order valence-electron chi connectivity index (χ0n) is 13.5. The van der Waals surface area contributed by atoms with Gasteiger partial charge in [0, 0.05) is 23.3 Å². The van der Waals surface area contributed by atoms with Crippen LogP contribution in [0.2, 0.25) is 0 Å². The lowest BCUT2D eigenvalue weighted by Gasteiger charge is -2.15. The lowest BCUT2D eigenvalue weighted by atomic mass is 10.2. The topological polar surface area (TPSA) is 34.5 Å². The van der Waals surface area contributed by atoms with Crippen LogP contribution in [0.4, 0.5) is 5.69 Å². The molecular formula is C20H16N2OS2. The highest BCUT2D eigenvalue weighted by atomic mass is 32.2. The number of pyridine rings is 1. The molecule has 5 heteroatoms. The lowest BCUT2D eigenvalue weighted by Crippen LogP contribution is -1.97. The average molecular weight is 364 g/mol. The third kappa shape index (κ3) is 4.06. The molecule has 1 aliphatic heterocycles. The van der Waals surface area contributed by atoms with E-state index in [4.69, 9.17) is 9.73 Å². The summed E-state index contributed by atoms with van der Waals surface area (Å²) in [6.45, 7) is 0. The summed E-state index contributed by atoms with van der Waals surface area (Å²) < 4.78 is 7.09. The van der Waals surface area contributed by atoms with Crippen molar-refractivity contribution in [3.05, 3.63) is 84.2 Å². The zero-order chi connectivity index (χ0) is 16.9. The maximum Gasteiger partial charge on any atom is 0.145 e. The Labute approximate surface area is 155 Å². The molecule has 0 N–H and O–H groups in total. The van der Waals surface area contributed by atoms with Crippen molar-refractivity contribution in [2.45, 2.75) is 11.5 Å². The molecule has 124 valence electrons. The van der Waals surface area contributed by atoms with E-state index in [1.165, 1.54) is 5.56 Å². The van der Waals surface area contributed by atoms with E-state index in [9.17, 15) is 0 Å². The Morgan fingerprint density at radius 2 is 1.88 bits per heavy atom. The van der Waals surface area contributed by atoms with Crippen LogP contribution >= 0.6 is 23.5 Å². The summed E-state index contributed by atoms with van der Waals surface area (Å²) in [4.78, 5) is 8.86. The van der Waals surface area contributed by atoms with Crippen LogP contribution in [-0.2, 0) is 11.5 Å². The molecule has 2 heterocycles. The number of aromatic nitrogens is 1. The first-order chi connectivity index (χ1) is 12.4. The molecule has 4 rings (SSSR count). The van der Waals surface area contributed by atoms with Gasteiger partial charge in [0.05, 0.1) is 11.9 Å². The fourth-order valence-corrected chi connectivity index (χ4v) is 4.54. The third-order valence-corrected chi connectivity index (χ3v) is 6.03. The Morgan fingerprint density at radius 1 is 1.00 bits per heavy atom. The average Bonchev–Trinajstić information content (AvgIpc) is 2.68. The van der Waals surface area contributed by atoms with Gasteiger partial charge in [-0.1, -0.05) is 59.9 Å². The molecular weight excluding hydrogens is 348 g/mol. The van der Waals surface area contributed by atoms with Crippen molar-refractivity contribution in [2.75, 3.05) is 0 Å². The molecule has 3 aromatic rings. The van der Waals surface area contributed by atoms with Gasteiger partial charge in [-0.05, 0) is 29.8 Å². The molecule has 0 bridgehead atoms. The first kappa shape index (κ1) is 16.2. The maximum absolute atomic E-state index is 5.98. The minimum atomic E-state index is 0.748. The number of nitrogens with zero attached hydrogens (tertiary/aromatic N) is 2. The van der Waals surface area contributed by atoms with Gasteiger partial charge >= 0.3 is 0 Å². The third-order valence-electron chi connectivity index (χ3n) is 3.74. The fraction of sp³-hybridized carbons (Fsp3) is 0.100. The van der Waals surface area contributed by atoms with Crippen molar-refractivity contribution in [1.29, 1.82) is 0 Å². The van der Waals surface area contributed by atoms with Crippen molar-refractivity contribution in [3.63, 3.8) is 0 Å². The van der Waals surface area contributed by atoms with Gasteiger partial charge in [0.1, 0.15) is 15.9 Å². The largest absolute Gasteiger partial charge is 0.455 e. The highest BCUT2D eigenvalue weighted by molar-refractivity contribution is 8.38. The van der Waals surface area contributed by atoms with Crippen LogP contribution in [0, 0.1) is 0 Å². The first-order valence-corrected chi connectivity index (χ1v) is 9.93. The Balaban J connectivity index is 1.48. The Bertz CT molecular complexity index is 897. The highest BCUT2D eigenvalue weighted by Gasteiger charge is 2.13. The van der Waals surface area contributed by atoms with E-state index < -0.39 is 0 Å². The van der Waals surface area contributed by atoms with E-state index in [2.05, 4.69) is 29.2 Å². The standard InChI is InChI=1S/C20H16N2OS2/c1-3-9-18-15(6-1)13-24-20(22-18)25-14-16-7-2-4-10-19(16)23-17-8-5-11-21-12-17/h1-12H,13-14H2. The summed E-state index contributed by atoms with van der Waals surface area (Å²) in [6, 6.07) is 20.2. The van der Waals surface area contributed by atoms with Crippen LogP contribution in [0.1, 0.15) is 11.1 Å². The monoisotopic (exact) mass is 364 g/mol. The SMILES string of the molecule is c1cncc(Oc2ccccc2CSC2=Nc3ccccc3CS2)c1. The zero-order valence-corrected chi connectivity index (χ0v) is 15.1. The van der Waals surface area contributed by atoms with E-state index in [0.29, 0.717) is 0 Å². The minimum absolute atomic E-state index is 0.748. The van der Waals surface area contributed by atoms with Gasteiger partial charge in [-0.2, -0.15) is 0 Å². The van der Waals surface area contributed by atoms with Gasteiger partial charge in [-0.15, -0.1) is 0 Å². The van der Waals surface area contributed by atoms with E-state index in [1.54, 1.807) is 35.9 Å². The first-order valence-electron chi connectivity index (χ1n) is 7.96. The number of hydrogen-bond acceptors (Lipinski definition) is 5. The summed E-state index contributed by atoms with van der Waals surface area (Å²) in [5.41, 5.74) is 3.54. The lowest BCUT2D eigenvalue weighted by molar-refractivity contribution is 0.476. The molecule has 0 atom stereocenters. The molecule has 0 amide bonds. The molecule has 0 fully saturated rings. The molecule has 1 aromatic heterocycles. The number of ether oxygens (including phenoxy) is 1. The van der Waals surface area contributed by atoms with Gasteiger partial charge < -0.3 is 4.74 Å². The molecule has 2 aromatic carbocycles. The van der Waals surface area contributed by atoms with Crippen LogP contribution in [0.3, 0.4) is 0 Å². The Hall–Kier alpha value is -2.24. The smallest absolute Gasteiger partial charge is 0.145 e. The number of hydrogen-bond donors (Lipinski definition) is 0. The Kier molecular flexibility index (Phi) is 5.04. The van der Waals surface area contributed by atoms with Crippen LogP contribution in [0.5, 0.6) is 11.5 Å². The van der Waals surface area contributed by atoms with E-state index in [1.807, 2.05) is 36.4 Å². The molecule has 3 nitrogen and oxygen atoms in total. The van der Waals surface area contributed by atoms with Crippen LogP contribution in [0.15, 0.2) is 78.0 Å². The molecule has 1 aliphatic rings. The van der Waals surface area contributed by atoms with E-state index in [0.717, 1.165) is 38.6 Å². The Morgan fingerprint density at radius 3 is 2.80 bits per heavy atom. The van der Waals surface area contributed by atoms with E-state index in [-0.39, 0.29) is 0 Å². The molecule has 0 aliphatic carbocycles. The molecule has 0 saturated carbocycles. The summed E-state index contributed by atoms with van der Waals surface area (Å²) in [6.07, 6.45) is 3.47. The second kappa shape index (κ2) is 7.76. The molecule has 0 spiro atoms. The van der Waals surface area contributed by atoms with Crippen LogP contribution < -0.4 is 4.74 Å². The maximum atomic E-state index is 5.98. The second-order valence-corrected chi connectivity index (χ2v) is 7.67. The molecule has 0 saturated heterocycles. The van der Waals surface area contributed by atoms with Crippen molar-refractivity contribution < 1.29 is 4.74 Å². The van der Waals surface area contributed by atoms with Crippen molar-refractivity contribution in [1.82, 2.24) is 4.98 Å². The summed E-state index contributed by atoms with van der Waals surface area (Å²) in [7, 11) is 0. The number of fused-ring (bicyclic) bond motifs is 1. The van der Waals surface area contributed by atoms with Gasteiger partial charge in [-0.3, -0.25) is 4.98 Å². The number of aliphatic imine (C=N–C) groups is 1. The summed E-state index contributed by atoms with van der Waals surface area (Å²) in [5.74, 6) is 3.42. The number of thioether (sulfide) groups is 2. The molecule has 0 radical (unpaired) electrons. The van der Waals surface area contributed by atoms with Gasteiger partial charge in [0.2, 0.25) is 0 Å². The van der Waals surface area contributed by atoms with Gasteiger partial charge in [-0.25, -0.2) is 4.99 Å². The van der Waals surface area contributed by atoms with Crippen molar-refractivity contribution in [3.8, 4) is 11.5 Å². The number of para-hydroxylation sites is 2. The fourth-order valence-electron chi connectivity index (χ4n) is 2.48. The summed E-state index contributed by atoms with van der Waals surface area (Å²) >= 11 is 3.55. The minimum Gasteiger partial charge on any atom is -0.455 e. The van der Waals surface area contributed by atoms with Crippen LogP contribution in [0.25, 0.3) is 0 Å². The highest BCUT2D eigenvalue weighted by Crippen LogP contribution is 2.36. The quantitative estimate of drug-likeness (QED) is 0.565. The molecule has 25 heavy (non-hydrogen) atoms. The number of benzene rings is 2. The predicted molar refractivity (Wildman–Crippen MR) is 107 cm³/mol. The number of rotatable bonds is 4. The molecule has 0 unspecified atom stereocenters. The van der Waals surface area contributed by atoms with Crippen molar-refractivity contribution in [2.24, 2.45) is 4.99 Å². The summed E-state index contributed by atoms with van der Waals surface area (Å²) in [5, 5.41) is 0. The van der Waals surface area contributed by atoms with Gasteiger partial charge in [0.15, 0.2) is 0 Å².